The Balaban J connectivity index is 1.56. The predicted octanol–water partition coefficient (Wildman–Crippen LogP) is 3.60. The molecule has 1 amide bonds. The summed E-state index contributed by atoms with van der Waals surface area (Å²) in [7, 11) is 0. The number of fused-ring (bicyclic) bond motifs is 2. The van der Waals surface area contributed by atoms with E-state index in [9.17, 15) is 4.79 Å². The van der Waals surface area contributed by atoms with Gasteiger partial charge < -0.3 is 19.4 Å². The van der Waals surface area contributed by atoms with Crippen LogP contribution in [0.3, 0.4) is 0 Å². The van der Waals surface area contributed by atoms with Crippen LogP contribution < -0.4 is 9.47 Å². The van der Waals surface area contributed by atoms with E-state index in [2.05, 4.69) is 4.98 Å². The summed E-state index contributed by atoms with van der Waals surface area (Å²) in [6.45, 7) is 4.27. The zero-order chi connectivity index (χ0) is 17.2. The number of rotatable bonds is 4. The predicted molar refractivity (Wildman–Crippen MR) is 96.1 cm³/mol. The summed E-state index contributed by atoms with van der Waals surface area (Å²) in [6.07, 6.45) is 0. The summed E-state index contributed by atoms with van der Waals surface area (Å²) in [6, 6.07) is 15.7. The van der Waals surface area contributed by atoms with E-state index < -0.39 is 0 Å². The van der Waals surface area contributed by atoms with E-state index in [1.54, 1.807) is 0 Å². The standard InChI is InChI=1S/C20H20N2O3/c1-2-22(13-14-7-8-18-19(11-14)25-10-9-24-18)20(23)17-12-15-5-3-4-6-16(15)21-17/h3-8,11-12,21H,2,9-10,13H2,1H3. The molecule has 5 nitrogen and oxygen atoms in total. The third-order valence-corrected chi connectivity index (χ3v) is 4.41. The smallest absolute Gasteiger partial charge is 0.270 e. The van der Waals surface area contributed by atoms with Gasteiger partial charge in [-0.05, 0) is 36.8 Å². The van der Waals surface area contributed by atoms with Gasteiger partial charge in [-0.1, -0.05) is 24.3 Å². The highest BCUT2D eigenvalue weighted by atomic mass is 16.6. The van der Waals surface area contributed by atoms with E-state index in [0.717, 1.165) is 28.0 Å². The van der Waals surface area contributed by atoms with Crippen molar-refractivity contribution in [2.24, 2.45) is 0 Å². The third-order valence-electron chi connectivity index (χ3n) is 4.41. The molecule has 2 heterocycles. The van der Waals surface area contributed by atoms with Crippen LogP contribution in [0, 0.1) is 0 Å². The first-order valence-electron chi connectivity index (χ1n) is 8.50. The van der Waals surface area contributed by atoms with Crippen molar-refractivity contribution in [3.63, 3.8) is 0 Å². The minimum atomic E-state index is -0.00594. The number of aromatic amines is 1. The van der Waals surface area contributed by atoms with E-state index in [1.165, 1.54) is 0 Å². The van der Waals surface area contributed by atoms with Crippen molar-refractivity contribution < 1.29 is 14.3 Å². The Labute approximate surface area is 146 Å². The topological polar surface area (TPSA) is 54.6 Å². The lowest BCUT2D eigenvalue weighted by atomic mass is 10.1. The van der Waals surface area contributed by atoms with Crippen LogP contribution in [0.4, 0.5) is 0 Å². The molecule has 5 heteroatoms. The zero-order valence-electron chi connectivity index (χ0n) is 14.1. The minimum absolute atomic E-state index is 0.00594. The summed E-state index contributed by atoms with van der Waals surface area (Å²) in [5.74, 6) is 1.51. The molecule has 1 aliphatic rings. The van der Waals surface area contributed by atoms with Gasteiger partial charge in [0.1, 0.15) is 18.9 Å². The molecule has 0 aliphatic carbocycles. The summed E-state index contributed by atoms with van der Waals surface area (Å²) < 4.78 is 11.2. The molecule has 0 atom stereocenters. The van der Waals surface area contributed by atoms with E-state index in [1.807, 2.05) is 60.4 Å². The first-order chi connectivity index (χ1) is 12.2. The molecule has 0 spiro atoms. The van der Waals surface area contributed by atoms with Crippen LogP contribution in [0.25, 0.3) is 10.9 Å². The minimum Gasteiger partial charge on any atom is -0.486 e. The first kappa shape index (κ1) is 15.6. The zero-order valence-corrected chi connectivity index (χ0v) is 14.1. The highest BCUT2D eigenvalue weighted by Crippen LogP contribution is 2.31. The maximum atomic E-state index is 12.9. The third kappa shape index (κ3) is 3.05. The van der Waals surface area contributed by atoms with Crippen LogP contribution in [0.1, 0.15) is 23.0 Å². The first-order valence-corrected chi connectivity index (χ1v) is 8.50. The molecule has 1 N–H and O–H groups in total. The van der Waals surface area contributed by atoms with Crippen molar-refractivity contribution in [3.05, 3.63) is 59.8 Å². The number of nitrogens with one attached hydrogen (secondary N) is 1. The number of H-pyrrole nitrogens is 1. The van der Waals surface area contributed by atoms with Gasteiger partial charge in [-0.15, -0.1) is 0 Å². The summed E-state index contributed by atoms with van der Waals surface area (Å²) >= 11 is 0. The largest absolute Gasteiger partial charge is 0.486 e. The fourth-order valence-corrected chi connectivity index (χ4v) is 3.09. The second-order valence-corrected chi connectivity index (χ2v) is 6.07. The lowest BCUT2D eigenvalue weighted by Gasteiger charge is -2.22. The number of amides is 1. The number of carbonyl (C=O) groups is 1. The Bertz CT molecular complexity index is 883. The van der Waals surface area contributed by atoms with Gasteiger partial charge in [-0.25, -0.2) is 0 Å². The number of carbonyl (C=O) groups excluding carboxylic acids is 1. The second-order valence-electron chi connectivity index (χ2n) is 6.07. The van der Waals surface area contributed by atoms with Crippen molar-refractivity contribution >= 4 is 16.8 Å². The van der Waals surface area contributed by atoms with E-state index in [4.69, 9.17) is 9.47 Å². The molecule has 0 saturated carbocycles. The van der Waals surface area contributed by atoms with Crippen molar-refractivity contribution in [2.75, 3.05) is 19.8 Å². The number of hydrogen-bond donors (Lipinski definition) is 1. The quantitative estimate of drug-likeness (QED) is 0.792. The van der Waals surface area contributed by atoms with Crippen LogP contribution in [0.5, 0.6) is 11.5 Å². The van der Waals surface area contributed by atoms with E-state index in [0.29, 0.717) is 32.0 Å². The van der Waals surface area contributed by atoms with Gasteiger partial charge in [0.05, 0.1) is 0 Å². The van der Waals surface area contributed by atoms with Crippen molar-refractivity contribution in [3.8, 4) is 11.5 Å². The molecule has 0 saturated heterocycles. The van der Waals surface area contributed by atoms with Crippen molar-refractivity contribution in [1.82, 2.24) is 9.88 Å². The maximum Gasteiger partial charge on any atom is 0.270 e. The Morgan fingerprint density at radius 3 is 2.68 bits per heavy atom. The Morgan fingerprint density at radius 2 is 1.88 bits per heavy atom. The molecule has 0 fully saturated rings. The number of ether oxygens (including phenoxy) is 2. The second kappa shape index (κ2) is 6.51. The SMILES string of the molecule is CCN(Cc1ccc2c(c1)OCCO2)C(=O)c1cc2ccccc2[nH]1. The van der Waals surface area contributed by atoms with Crippen LogP contribution in [-0.2, 0) is 6.54 Å². The highest BCUT2D eigenvalue weighted by Gasteiger charge is 2.18. The summed E-state index contributed by atoms with van der Waals surface area (Å²) in [5.41, 5.74) is 2.61. The van der Waals surface area contributed by atoms with Gasteiger partial charge >= 0.3 is 0 Å². The van der Waals surface area contributed by atoms with Crippen LogP contribution in [-0.4, -0.2) is 35.5 Å². The number of para-hydroxylation sites is 1. The molecule has 0 unspecified atom stereocenters. The van der Waals surface area contributed by atoms with Crippen LogP contribution in [0.2, 0.25) is 0 Å². The lowest BCUT2D eigenvalue weighted by molar-refractivity contribution is 0.0747. The Kier molecular flexibility index (Phi) is 4.06. The van der Waals surface area contributed by atoms with Gasteiger partial charge in [0.15, 0.2) is 11.5 Å². The van der Waals surface area contributed by atoms with Crippen LogP contribution in [0.15, 0.2) is 48.5 Å². The highest BCUT2D eigenvalue weighted by molar-refractivity contribution is 5.98. The summed E-state index contributed by atoms with van der Waals surface area (Å²) in [5, 5.41) is 1.04. The fourth-order valence-electron chi connectivity index (χ4n) is 3.09. The van der Waals surface area contributed by atoms with Crippen molar-refractivity contribution in [1.29, 1.82) is 0 Å². The molecular formula is C20H20N2O3. The van der Waals surface area contributed by atoms with E-state index >= 15 is 0 Å². The molecule has 0 bridgehead atoms. The summed E-state index contributed by atoms with van der Waals surface area (Å²) in [4.78, 5) is 17.9. The number of nitrogens with zero attached hydrogens (tertiary/aromatic N) is 1. The molecule has 0 radical (unpaired) electrons. The lowest BCUT2D eigenvalue weighted by Crippen LogP contribution is -2.30. The Hall–Kier alpha value is -2.95. The van der Waals surface area contributed by atoms with Gasteiger partial charge in [-0.3, -0.25) is 4.79 Å². The number of hydrogen-bond acceptors (Lipinski definition) is 3. The van der Waals surface area contributed by atoms with Gasteiger partial charge in [0.25, 0.3) is 5.91 Å². The fraction of sp³-hybridized carbons (Fsp3) is 0.250. The van der Waals surface area contributed by atoms with Gasteiger partial charge in [0.2, 0.25) is 0 Å². The van der Waals surface area contributed by atoms with Crippen LogP contribution >= 0.6 is 0 Å². The van der Waals surface area contributed by atoms with Gasteiger partial charge in [0, 0.05) is 24.0 Å². The number of benzene rings is 2. The average molecular weight is 336 g/mol. The van der Waals surface area contributed by atoms with Gasteiger partial charge in [-0.2, -0.15) is 0 Å². The molecule has 2 aromatic carbocycles. The van der Waals surface area contributed by atoms with E-state index in [-0.39, 0.29) is 5.91 Å². The molecule has 3 aromatic rings. The average Bonchev–Trinajstić information content (AvgIpc) is 3.09. The monoisotopic (exact) mass is 336 g/mol. The molecular weight excluding hydrogens is 316 g/mol. The maximum absolute atomic E-state index is 12.9. The number of aromatic nitrogens is 1. The molecule has 25 heavy (non-hydrogen) atoms. The normalized spacial score (nSPS) is 13.0. The van der Waals surface area contributed by atoms with Crippen molar-refractivity contribution in [2.45, 2.75) is 13.5 Å². The molecule has 1 aromatic heterocycles. The molecule has 1 aliphatic heterocycles. The molecule has 128 valence electrons. The Morgan fingerprint density at radius 1 is 1.08 bits per heavy atom. The molecule has 4 rings (SSSR count).